The highest BCUT2D eigenvalue weighted by Gasteiger charge is 2.29. The minimum atomic E-state index is -4.07. The highest BCUT2D eigenvalue weighted by Crippen LogP contribution is 2.29. The van der Waals surface area contributed by atoms with Gasteiger partial charge in [0, 0.05) is 30.4 Å². The number of aromatic nitrogens is 3. The van der Waals surface area contributed by atoms with Gasteiger partial charge in [-0.05, 0) is 38.9 Å². The average Bonchev–Trinajstić information content (AvgIpc) is 2.85. The fourth-order valence-electron chi connectivity index (χ4n) is 3.07. The molecule has 4 nitrogen and oxygen atoms in total. The second kappa shape index (κ2) is 5.87. The Bertz CT molecular complexity index is 642. The minimum absolute atomic E-state index is 0.100. The first-order valence-corrected chi connectivity index (χ1v) is 7.53. The summed E-state index contributed by atoms with van der Waals surface area (Å²) >= 11 is 0. The summed E-state index contributed by atoms with van der Waals surface area (Å²) in [5.41, 5.74) is 2.85. The van der Waals surface area contributed by atoms with E-state index in [-0.39, 0.29) is 6.54 Å². The van der Waals surface area contributed by atoms with Crippen LogP contribution < -0.4 is 0 Å². The van der Waals surface area contributed by atoms with Crippen LogP contribution in [-0.2, 0) is 0 Å². The van der Waals surface area contributed by atoms with Crippen molar-refractivity contribution in [1.82, 2.24) is 19.5 Å². The zero-order valence-corrected chi connectivity index (χ0v) is 12.5. The molecule has 0 spiro atoms. The van der Waals surface area contributed by atoms with Gasteiger partial charge in [0.25, 0.3) is 0 Å². The fraction of sp³-hybridized carbons (Fsp3) is 0.600. The van der Waals surface area contributed by atoms with Crippen molar-refractivity contribution in [2.24, 2.45) is 0 Å². The molecule has 1 fully saturated rings. The van der Waals surface area contributed by atoms with Crippen LogP contribution in [0.1, 0.15) is 36.6 Å². The molecule has 1 aliphatic heterocycles. The van der Waals surface area contributed by atoms with Gasteiger partial charge in [-0.2, -0.15) is 18.3 Å². The zero-order valence-electron chi connectivity index (χ0n) is 12.5. The van der Waals surface area contributed by atoms with E-state index in [1.807, 2.05) is 28.5 Å². The van der Waals surface area contributed by atoms with Gasteiger partial charge in [0.05, 0.1) is 12.1 Å². The second-order valence-electron chi connectivity index (χ2n) is 5.91. The van der Waals surface area contributed by atoms with E-state index in [0.29, 0.717) is 19.0 Å². The van der Waals surface area contributed by atoms with Crippen molar-refractivity contribution >= 4 is 5.65 Å². The molecular formula is C15H19F3N4. The lowest BCUT2D eigenvalue weighted by Crippen LogP contribution is -2.35. The monoisotopic (exact) mass is 312 g/mol. The van der Waals surface area contributed by atoms with Gasteiger partial charge in [0.2, 0.25) is 0 Å². The van der Waals surface area contributed by atoms with Gasteiger partial charge in [-0.15, -0.1) is 0 Å². The van der Waals surface area contributed by atoms with E-state index < -0.39 is 12.6 Å². The summed E-state index contributed by atoms with van der Waals surface area (Å²) in [6.07, 6.45) is -1.30. The van der Waals surface area contributed by atoms with Crippen molar-refractivity contribution in [2.75, 3.05) is 19.6 Å². The molecule has 0 aromatic carbocycles. The lowest BCUT2D eigenvalue weighted by Gasteiger charge is -2.32. The molecule has 1 aliphatic rings. The average molecular weight is 312 g/mol. The second-order valence-corrected chi connectivity index (χ2v) is 5.91. The molecule has 0 aliphatic carbocycles. The van der Waals surface area contributed by atoms with Gasteiger partial charge < -0.3 is 4.90 Å². The van der Waals surface area contributed by atoms with Gasteiger partial charge in [-0.25, -0.2) is 9.50 Å². The molecule has 0 unspecified atom stereocenters. The zero-order chi connectivity index (χ0) is 15.7. The Labute approximate surface area is 126 Å². The molecule has 7 heteroatoms. The number of halogens is 3. The van der Waals surface area contributed by atoms with Crippen LogP contribution in [0.5, 0.6) is 0 Å². The van der Waals surface area contributed by atoms with E-state index >= 15 is 0 Å². The lowest BCUT2D eigenvalue weighted by molar-refractivity contribution is -0.138. The summed E-state index contributed by atoms with van der Waals surface area (Å²) in [6.45, 7) is 3.43. The van der Waals surface area contributed by atoms with Crippen LogP contribution in [0, 0.1) is 6.92 Å². The van der Waals surface area contributed by atoms with Crippen molar-refractivity contribution in [1.29, 1.82) is 0 Å². The highest BCUT2D eigenvalue weighted by atomic mass is 19.4. The van der Waals surface area contributed by atoms with Crippen LogP contribution in [-0.4, -0.2) is 45.3 Å². The van der Waals surface area contributed by atoms with Crippen LogP contribution in [0.3, 0.4) is 0 Å². The Morgan fingerprint density at radius 1 is 1.27 bits per heavy atom. The number of likely N-dealkylation sites (tertiary alicyclic amines) is 1. The van der Waals surface area contributed by atoms with E-state index in [1.54, 1.807) is 6.20 Å². The van der Waals surface area contributed by atoms with Crippen molar-refractivity contribution in [3.63, 3.8) is 0 Å². The van der Waals surface area contributed by atoms with E-state index in [4.69, 9.17) is 0 Å². The van der Waals surface area contributed by atoms with Crippen LogP contribution >= 0.6 is 0 Å². The summed E-state index contributed by atoms with van der Waals surface area (Å²) in [5, 5.41) is 4.47. The Balaban J connectivity index is 1.65. The van der Waals surface area contributed by atoms with Crippen LogP contribution in [0.4, 0.5) is 13.2 Å². The van der Waals surface area contributed by atoms with Gasteiger partial charge in [-0.1, -0.05) is 0 Å². The summed E-state index contributed by atoms with van der Waals surface area (Å²) < 4.78 is 38.7. The van der Waals surface area contributed by atoms with Crippen molar-refractivity contribution < 1.29 is 13.2 Å². The largest absolute Gasteiger partial charge is 0.390 e. The summed E-state index contributed by atoms with van der Waals surface area (Å²) in [5.74, 6) is 0.326. The highest BCUT2D eigenvalue weighted by molar-refractivity contribution is 5.40. The molecule has 3 heterocycles. The smallest absolute Gasteiger partial charge is 0.303 e. The normalized spacial score (nSPS) is 18.2. The summed E-state index contributed by atoms with van der Waals surface area (Å²) in [6, 6.07) is 3.90. The first kappa shape index (κ1) is 15.3. The third kappa shape index (κ3) is 3.40. The van der Waals surface area contributed by atoms with Crippen LogP contribution in [0.25, 0.3) is 5.65 Å². The molecule has 0 bridgehead atoms. The molecule has 0 amide bonds. The Kier molecular flexibility index (Phi) is 4.08. The Morgan fingerprint density at radius 3 is 2.68 bits per heavy atom. The van der Waals surface area contributed by atoms with Gasteiger partial charge >= 0.3 is 6.18 Å². The van der Waals surface area contributed by atoms with Gasteiger partial charge in [-0.3, -0.25) is 0 Å². The quantitative estimate of drug-likeness (QED) is 0.873. The third-order valence-corrected chi connectivity index (χ3v) is 4.23. The van der Waals surface area contributed by atoms with Gasteiger partial charge in [0.1, 0.15) is 0 Å². The molecule has 0 N–H and O–H groups in total. The standard InChI is InChI=1S/C15H19F3N4/c1-11-10-14-19-6-2-13(22(14)20-11)12-3-7-21(8-4-12)9-5-15(16,17)18/h2,6,10,12H,3-5,7-9H2,1H3. The molecule has 1 saturated heterocycles. The van der Waals surface area contributed by atoms with Crippen molar-refractivity contribution in [3.05, 3.63) is 29.7 Å². The number of piperidine rings is 1. The molecule has 22 heavy (non-hydrogen) atoms. The first-order valence-electron chi connectivity index (χ1n) is 7.53. The lowest BCUT2D eigenvalue weighted by atomic mass is 9.93. The molecular weight excluding hydrogens is 293 g/mol. The fourth-order valence-corrected chi connectivity index (χ4v) is 3.07. The molecule has 0 saturated carbocycles. The maximum absolute atomic E-state index is 12.3. The number of hydrogen-bond acceptors (Lipinski definition) is 3. The molecule has 3 rings (SSSR count). The minimum Gasteiger partial charge on any atom is -0.303 e. The number of alkyl halides is 3. The predicted molar refractivity (Wildman–Crippen MR) is 76.8 cm³/mol. The van der Waals surface area contributed by atoms with E-state index in [2.05, 4.69) is 10.1 Å². The summed E-state index contributed by atoms with van der Waals surface area (Å²) in [4.78, 5) is 6.19. The number of hydrogen-bond donors (Lipinski definition) is 0. The number of rotatable bonds is 3. The summed E-state index contributed by atoms with van der Waals surface area (Å²) in [7, 11) is 0. The number of aryl methyl sites for hydroxylation is 1. The topological polar surface area (TPSA) is 33.4 Å². The van der Waals surface area contributed by atoms with Crippen LogP contribution in [0.2, 0.25) is 0 Å². The molecule has 0 atom stereocenters. The van der Waals surface area contributed by atoms with E-state index in [9.17, 15) is 13.2 Å². The number of nitrogens with zero attached hydrogens (tertiary/aromatic N) is 4. The van der Waals surface area contributed by atoms with Crippen LogP contribution in [0.15, 0.2) is 18.3 Å². The van der Waals surface area contributed by atoms with Gasteiger partial charge in [0.15, 0.2) is 5.65 Å². The predicted octanol–water partition coefficient (Wildman–Crippen LogP) is 3.17. The maximum atomic E-state index is 12.3. The first-order chi connectivity index (χ1) is 10.4. The van der Waals surface area contributed by atoms with E-state index in [0.717, 1.165) is 29.9 Å². The number of fused-ring (bicyclic) bond motifs is 1. The van der Waals surface area contributed by atoms with Crippen molar-refractivity contribution in [3.8, 4) is 0 Å². The molecule has 0 radical (unpaired) electrons. The molecule has 120 valence electrons. The van der Waals surface area contributed by atoms with E-state index in [1.165, 1.54) is 0 Å². The third-order valence-electron chi connectivity index (χ3n) is 4.23. The van der Waals surface area contributed by atoms with Crippen molar-refractivity contribution in [2.45, 2.75) is 38.3 Å². The Morgan fingerprint density at radius 2 is 2.00 bits per heavy atom. The molecule has 2 aromatic rings. The SMILES string of the molecule is Cc1cc2nccc(C3CCN(CCC(F)(F)F)CC3)n2n1. The Hall–Kier alpha value is -1.63. The maximum Gasteiger partial charge on any atom is 0.390 e. The molecule has 2 aromatic heterocycles.